The number of hydrogen-bond donors (Lipinski definition) is 1. The summed E-state index contributed by atoms with van der Waals surface area (Å²) in [6.45, 7) is 4.14. The Morgan fingerprint density at radius 1 is 1.42 bits per heavy atom. The topological polar surface area (TPSA) is 101 Å². The quantitative estimate of drug-likeness (QED) is 0.909. The first-order valence-electron chi connectivity index (χ1n) is 7.82. The van der Waals surface area contributed by atoms with Gasteiger partial charge >= 0.3 is 0 Å². The summed E-state index contributed by atoms with van der Waals surface area (Å²) in [5.41, 5.74) is 1.73. The molecule has 126 valence electrons. The highest BCUT2D eigenvalue weighted by Crippen LogP contribution is 2.32. The van der Waals surface area contributed by atoms with Crippen LogP contribution in [0.1, 0.15) is 53.4 Å². The smallest absolute Gasteiger partial charge is 0.276 e. The molecule has 8 heteroatoms. The molecule has 24 heavy (non-hydrogen) atoms. The largest absolute Gasteiger partial charge is 0.448 e. The first-order valence-corrected chi connectivity index (χ1v) is 7.82. The standard InChI is InChI=1S/C16H19N5O3/c1-10-15(19-9-24-10)16(23)21-5-3-4-14(21)13-8-17-6-12(20-13)7-18-11(2)22/h6,8-9,14H,3-5,7H2,1-2H3,(H,18,22)/t14-/m0/s1. The fourth-order valence-corrected chi connectivity index (χ4v) is 2.85. The number of aryl methyl sites for hydroxylation is 1. The molecule has 0 aliphatic carbocycles. The molecule has 1 N–H and O–H groups in total. The van der Waals surface area contributed by atoms with Crippen LogP contribution in [-0.2, 0) is 11.3 Å². The summed E-state index contributed by atoms with van der Waals surface area (Å²) in [5.74, 6) is 0.232. The van der Waals surface area contributed by atoms with Crippen LogP contribution in [0.2, 0.25) is 0 Å². The van der Waals surface area contributed by atoms with E-state index in [2.05, 4.69) is 20.3 Å². The Morgan fingerprint density at radius 2 is 2.25 bits per heavy atom. The van der Waals surface area contributed by atoms with Crippen LogP contribution < -0.4 is 5.32 Å². The molecule has 0 unspecified atom stereocenters. The van der Waals surface area contributed by atoms with Crippen molar-refractivity contribution in [1.29, 1.82) is 0 Å². The summed E-state index contributed by atoms with van der Waals surface area (Å²) < 4.78 is 5.13. The van der Waals surface area contributed by atoms with Crippen LogP contribution in [0.25, 0.3) is 0 Å². The predicted octanol–water partition coefficient (Wildman–Crippen LogP) is 1.39. The van der Waals surface area contributed by atoms with E-state index in [9.17, 15) is 9.59 Å². The van der Waals surface area contributed by atoms with Crippen molar-refractivity contribution in [3.8, 4) is 0 Å². The molecule has 0 bridgehead atoms. The number of likely N-dealkylation sites (tertiary alicyclic amines) is 1. The second kappa shape index (κ2) is 6.77. The van der Waals surface area contributed by atoms with Crippen molar-refractivity contribution < 1.29 is 14.0 Å². The number of carbonyl (C=O) groups excluding carboxylic acids is 2. The van der Waals surface area contributed by atoms with E-state index in [4.69, 9.17) is 4.42 Å². The molecule has 8 nitrogen and oxygen atoms in total. The molecule has 1 aliphatic rings. The van der Waals surface area contributed by atoms with Crippen LogP contribution in [0, 0.1) is 6.92 Å². The fraction of sp³-hybridized carbons (Fsp3) is 0.438. The van der Waals surface area contributed by atoms with Crippen LogP contribution >= 0.6 is 0 Å². The Morgan fingerprint density at radius 3 is 2.96 bits per heavy atom. The van der Waals surface area contributed by atoms with Gasteiger partial charge in [-0.15, -0.1) is 0 Å². The molecule has 1 fully saturated rings. The number of hydrogen-bond acceptors (Lipinski definition) is 6. The molecule has 2 amide bonds. The molecule has 3 heterocycles. The maximum atomic E-state index is 12.7. The average Bonchev–Trinajstić information content (AvgIpc) is 3.21. The minimum atomic E-state index is -0.155. The van der Waals surface area contributed by atoms with E-state index in [1.54, 1.807) is 24.2 Å². The maximum Gasteiger partial charge on any atom is 0.276 e. The van der Waals surface area contributed by atoms with E-state index >= 15 is 0 Å². The zero-order valence-electron chi connectivity index (χ0n) is 13.7. The second-order valence-electron chi connectivity index (χ2n) is 5.76. The Balaban J connectivity index is 1.80. The van der Waals surface area contributed by atoms with E-state index in [-0.39, 0.29) is 17.9 Å². The van der Waals surface area contributed by atoms with Crippen molar-refractivity contribution >= 4 is 11.8 Å². The highest BCUT2D eigenvalue weighted by atomic mass is 16.3. The fourth-order valence-electron chi connectivity index (χ4n) is 2.85. The van der Waals surface area contributed by atoms with E-state index in [1.165, 1.54) is 13.3 Å². The van der Waals surface area contributed by atoms with E-state index in [1.807, 2.05) is 0 Å². The van der Waals surface area contributed by atoms with Crippen LogP contribution in [0.5, 0.6) is 0 Å². The van der Waals surface area contributed by atoms with Gasteiger partial charge in [0.1, 0.15) is 5.76 Å². The van der Waals surface area contributed by atoms with Crippen LogP contribution in [-0.4, -0.2) is 38.2 Å². The van der Waals surface area contributed by atoms with Gasteiger partial charge in [-0.1, -0.05) is 0 Å². The molecule has 3 rings (SSSR count). The lowest BCUT2D eigenvalue weighted by atomic mass is 10.1. The summed E-state index contributed by atoms with van der Waals surface area (Å²) in [4.78, 5) is 38.3. The number of nitrogens with zero attached hydrogens (tertiary/aromatic N) is 4. The molecule has 1 atom stereocenters. The second-order valence-corrected chi connectivity index (χ2v) is 5.76. The average molecular weight is 329 g/mol. The first kappa shape index (κ1) is 16.1. The third-order valence-electron chi connectivity index (χ3n) is 4.02. The highest BCUT2D eigenvalue weighted by Gasteiger charge is 2.33. The number of oxazole rings is 1. The molecule has 0 aromatic carbocycles. The molecular weight excluding hydrogens is 310 g/mol. The van der Waals surface area contributed by atoms with Crippen LogP contribution in [0.3, 0.4) is 0 Å². The van der Waals surface area contributed by atoms with Gasteiger partial charge < -0.3 is 14.6 Å². The van der Waals surface area contributed by atoms with Gasteiger partial charge in [-0.05, 0) is 19.8 Å². The number of aromatic nitrogens is 3. The van der Waals surface area contributed by atoms with Gasteiger partial charge in [-0.25, -0.2) is 4.98 Å². The van der Waals surface area contributed by atoms with Gasteiger partial charge in [0.2, 0.25) is 5.91 Å². The summed E-state index contributed by atoms with van der Waals surface area (Å²) in [6, 6.07) is -0.140. The summed E-state index contributed by atoms with van der Waals surface area (Å²) in [7, 11) is 0. The number of carbonyl (C=O) groups is 2. The van der Waals surface area contributed by atoms with Crippen LogP contribution in [0.4, 0.5) is 0 Å². The minimum absolute atomic E-state index is 0.124. The molecule has 1 aliphatic heterocycles. The summed E-state index contributed by atoms with van der Waals surface area (Å²) in [6.07, 6.45) is 6.28. The molecule has 0 radical (unpaired) electrons. The van der Waals surface area contributed by atoms with Gasteiger partial charge in [0, 0.05) is 13.5 Å². The van der Waals surface area contributed by atoms with Crippen molar-refractivity contribution in [3.63, 3.8) is 0 Å². The third-order valence-corrected chi connectivity index (χ3v) is 4.02. The molecular formula is C16H19N5O3. The van der Waals surface area contributed by atoms with Gasteiger partial charge in [0.05, 0.1) is 36.4 Å². The summed E-state index contributed by atoms with van der Waals surface area (Å²) in [5, 5.41) is 2.70. The molecule has 2 aromatic rings. The van der Waals surface area contributed by atoms with Crippen LogP contribution in [0.15, 0.2) is 23.2 Å². The molecule has 0 saturated carbocycles. The molecule has 2 aromatic heterocycles. The maximum absolute atomic E-state index is 12.7. The van der Waals surface area contributed by atoms with E-state index in [0.29, 0.717) is 30.2 Å². The van der Waals surface area contributed by atoms with E-state index in [0.717, 1.165) is 18.5 Å². The predicted molar refractivity (Wildman–Crippen MR) is 83.8 cm³/mol. The monoisotopic (exact) mass is 329 g/mol. The van der Waals surface area contributed by atoms with Gasteiger partial charge in [0.15, 0.2) is 12.1 Å². The highest BCUT2D eigenvalue weighted by molar-refractivity contribution is 5.93. The van der Waals surface area contributed by atoms with Crippen molar-refractivity contribution in [2.45, 2.75) is 39.3 Å². The Kier molecular flexibility index (Phi) is 4.54. The lowest BCUT2D eigenvalue weighted by Crippen LogP contribution is -2.32. The Bertz CT molecular complexity index is 758. The SMILES string of the molecule is CC(=O)NCc1cncc([C@@H]2CCCN2C(=O)c2ncoc2C)n1. The van der Waals surface area contributed by atoms with E-state index < -0.39 is 0 Å². The zero-order valence-corrected chi connectivity index (χ0v) is 13.7. The van der Waals surface area contributed by atoms with Gasteiger partial charge in [-0.3, -0.25) is 19.6 Å². The number of amides is 2. The van der Waals surface area contributed by atoms with Crippen molar-refractivity contribution in [1.82, 2.24) is 25.2 Å². The third kappa shape index (κ3) is 3.27. The first-order chi connectivity index (χ1) is 11.6. The van der Waals surface area contributed by atoms with Crippen molar-refractivity contribution in [3.05, 3.63) is 41.6 Å². The van der Waals surface area contributed by atoms with Gasteiger partial charge in [0.25, 0.3) is 5.91 Å². The lowest BCUT2D eigenvalue weighted by molar-refractivity contribution is -0.119. The van der Waals surface area contributed by atoms with Crippen molar-refractivity contribution in [2.75, 3.05) is 6.54 Å². The normalized spacial score (nSPS) is 17.1. The molecule has 1 saturated heterocycles. The molecule has 0 spiro atoms. The minimum Gasteiger partial charge on any atom is -0.448 e. The van der Waals surface area contributed by atoms with Crippen molar-refractivity contribution in [2.24, 2.45) is 0 Å². The number of rotatable bonds is 4. The van der Waals surface area contributed by atoms with Gasteiger partial charge in [-0.2, -0.15) is 0 Å². The Hall–Kier alpha value is -2.77. The lowest BCUT2D eigenvalue weighted by Gasteiger charge is -2.23. The zero-order chi connectivity index (χ0) is 17.1. The Labute approximate surface area is 139 Å². The summed E-state index contributed by atoms with van der Waals surface area (Å²) >= 11 is 0. The number of nitrogens with one attached hydrogen (secondary N) is 1.